The summed E-state index contributed by atoms with van der Waals surface area (Å²) in [6, 6.07) is 14.2. The van der Waals surface area contributed by atoms with Gasteiger partial charge in [0.05, 0.1) is 13.2 Å². The molecule has 1 heterocycles. The molecule has 2 aromatic rings. The van der Waals surface area contributed by atoms with Crippen LogP contribution in [-0.2, 0) is 14.8 Å². The molecule has 33 heavy (non-hydrogen) atoms. The van der Waals surface area contributed by atoms with Crippen molar-refractivity contribution in [2.75, 3.05) is 26.7 Å². The van der Waals surface area contributed by atoms with E-state index in [-0.39, 0.29) is 35.6 Å². The fourth-order valence-corrected chi connectivity index (χ4v) is 5.54. The Balaban J connectivity index is 2.06. The number of carbonyl (C=O) groups excluding carboxylic acids is 1. The van der Waals surface area contributed by atoms with E-state index in [1.165, 1.54) is 11.2 Å². The molecule has 0 aromatic heterocycles. The van der Waals surface area contributed by atoms with E-state index in [0.29, 0.717) is 6.54 Å². The second kappa shape index (κ2) is 10.5. The smallest absolute Gasteiger partial charge is 0.247 e. The highest BCUT2D eigenvalue weighted by Crippen LogP contribution is 2.34. The van der Waals surface area contributed by atoms with E-state index in [2.05, 4.69) is 0 Å². The van der Waals surface area contributed by atoms with Crippen LogP contribution in [0.15, 0.2) is 53.4 Å². The number of hydrogen-bond acceptors (Lipinski definition) is 5. The summed E-state index contributed by atoms with van der Waals surface area (Å²) in [4.78, 5) is 13.5. The molecule has 0 unspecified atom stereocenters. The average Bonchev–Trinajstić information content (AvgIpc) is 2.79. The Labute approximate surface area is 196 Å². The van der Waals surface area contributed by atoms with Gasteiger partial charge in [-0.3, -0.25) is 4.79 Å². The molecule has 0 fully saturated rings. The van der Waals surface area contributed by atoms with Gasteiger partial charge in [-0.2, -0.15) is 4.31 Å². The van der Waals surface area contributed by atoms with Crippen LogP contribution < -0.4 is 4.74 Å². The maximum Gasteiger partial charge on any atom is 0.247 e. The van der Waals surface area contributed by atoms with Gasteiger partial charge in [0.25, 0.3) is 0 Å². The van der Waals surface area contributed by atoms with Gasteiger partial charge < -0.3 is 14.7 Å². The number of hydrogen-bond donors (Lipinski definition) is 1. The fourth-order valence-electron chi connectivity index (χ4n) is 3.72. The lowest BCUT2D eigenvalue weighted by molar-refractivity contribution is -0.129. The second-order valence-corrected chi connectivity index (χ2v) is 10.4. The third kappa shape index (κ3) is 5.82. The Morgan fingerprint density at radius 3 is 2.52 bits per heavy atom. The highest BCUT2D eigenvalue weighted by molar-refractivity contribution is 7.89. The Morgan fingerprint density at radius 1 is 1.21 bits per heavy atom. The zero-order valence-corrected chi connectivity index (χ0v) is 20.3. The maximum atomic E-state index is 13.5. The molecule has 0 radical (unpaired) electrons. The number of aliphatic hydroxyl groups excluding tert-OH is 1. The summed E-state index contributed by atoms with van der Waals surface area (Å²) in [7, 11) is -2.20. The van der Waals surface area contributed by atoms with Crippen molar-refractivity contribution in [1.82, 2.24) is 9.21 Å². The molecule has 0 bridgehead atoms. The number of amides is 1. The molecule has 178 valence electrons. The minimum atomic E-state index is -3.90. The first kappa shape index (κ1) is 25.0. The Hall–Kier alpha value is -2.68. The predicted octanol–water partition coefficient (Wildman–Crippen LogP) is 3.10. The van der Waals surface area contributed by atoms with Crippen molar-refractivity contribution >= 4 is 28.1 Å². The van der Waals surface area contributed by atoms with Crippen LogP contribution in [0.4, 0.5) is 0 Å². The van der Waals surface area contributed by atoms with Gasteiger partial charge in [0.2, 0.25) is 15.9 Å². The number of nitrogens with zero attached hydrogens (tertiary/aromatic N) is 2. The number of aliphatic hydroxyl groups is 1. The molecule has 8 heteroatoms. The molecule has 2 aromatic carbocycles. The van der Waals surface area contributed by atoms with Crippen LogP contribution in [0.3, 0.4) is 0 Å². The largest absolute Gasteiger partial charge is 0.487 e. The molecule has 1 aliphatic rings. The van der Waals surface area contributed by atoms with Crippen LogP contribution in [0, 0.1) is 5.92 Å². The number of sulfonamides is 1. The molecular formula is C25H32N2O5S. The standard InChI is InChI=1S/C25H32N2O5S/c1-18-15-27(19(2)17-28)33(30,31)25-13-12-22(11-10-21-8-6-5-7-9-21)14-23(25)32-24(18)16-26(4)20(3)29/h5-14,18-19,24,28H,15-17H2,1-4H3/b11-10+/t18-,19-,24-/m1/s1. The van der Waals surface area contributed by atoms with Crippen molar-refractivity contribution in [3.8, 4) is 5.75 Å². The summed E-state index contributed by atoms with van der Waals surface area (Å²) in [5.41, 5.74) is 1.82. The van der Waals surface area contributed by atoms with Crippen molar-refractivity contribution in [2.24, 2.45) is 5.92 Å². The van der Waals surface area contributed by atoms with Gasteiger partial charge in [-0.1, -0.05) is 55.5 Å². The van der Waals surface area contributed by atoms with Gasteiger partial charge >= 0.3 is 0 Å². The Kier molecular flexibility index (Phi) is 7.94. The van der Waals surface area contributed by atoms with Crippen LogP contribution >= 0.6 is 0 Å². The van der Waals surface area contributed by atoms with E-state index in [1.807, 2.05) is 49.4 Å². The lowest BCUT2D eigenvalue weighted by atomic mass is 10.0. The number of ether oxygens (including phenoxy) is 1. The summed E-state index contributed by atoms with van der Waals surface area (Å²) >= 11 is 0. The molecule has 3 atom stereocenters. The Bertz CT molecular complexity index is 1100. The van der Waals surface area contributed by atoms with Gasteiger partial charge in [0.1, 0.15) is 16.7 Å². The minimum Gasteiger partial charge on any atom is -0.487 e. The summed E-state index contributed by atoms with van der Waals surface area (Å²) in [6.07, 6.45) is 3.43. The lowest BCUT2D eigenvalue weighted by Crippen LogP contribution is -2.50. The Morgan fingerprint density at radius 2 is 1.88 bits per heavy atom. The molecule has 3 rings (SSSR count). The van der Waals surface area contributed by atoms with Gasteiger partial charge in [0, 0.05) is 32.5 Å². The van der Waals surface area contributed by atoms with Crippen molar-refractivity contribution in [2.45, 2.75) is 37.8 Å². The number of fused-ring (bicyclic) bond motifs is 1. The molecule has 0 aliphatic carbocycles. The van der Waals surface area contributed by atoms with E-state index >= 15 is 0 Å². The SMILES string of the molecule is CC(=O)N(C)C[C@H]1Oc2cc(/C=C/c3ccccc3)ccc2S(=O)(=O)N([C@H](C)CO)C[C@H]1C. The van der Waals surface area contributed by atoms with Crippen molar-refractivity contribution in [3.05, 3.63) is 59.7 Å². The van der Waals surface area contributed by atoms with Crippen molar-refractivity contribution in [3.63, 3.8) is 0 Å². The third-order valence-corrected chi connectivity index (χ3v) is 7.97. The first-order valence-electron chi connectivity index (χ1n) is 11.0. The van der Waals surface area contributed by atoms with E-state index in [9.17, 15) is 18.3 Å². The van der Waals surface area contributed by atoms with E-state index in [1.54, 1.807) is 37.1 Å². The normalized spacial score (nSPS) is 21.5. The highest BCUT2D eigenvalue weighted by atomic mass is 32.2. The van der Waals surface area contributed by atoms with Crippen LogP contribution in [0.2, 0.25) is 0 Å². The van der Waals surface area contributed by atoms with Crippen LogP contribution in [0.1, 0.15) is 31.9 Å². The van der Waals surface area contributed by atoms with Crippen LogP contribution in [0.25, 0.3) is 12.2 Å². The summed E-state index contributed by atoms with van der Waals surface area (Å²) in [5.74, 6) is -0.0677. The molecule has 0 spiro atoms. The molecule has 7 nitrogen and oxygen atoms in total. The number of rotatable bonds is 6. The van der Waals surface area contributed by atoms with Crippen LogP contribution in [0.5, 0.6) is 5.75 Å². The number of carbonyl (C=O) groups is 1. The van der Waals surface area contributed by atoms with Gasteiger partial charge in [-0.05, 0) is 30.2 Å². The number of likely N-dealkylation sites (N-methyl/N-ethyl adjacent to an activating group) is 1. The van der Waals surface area contributed by atoms with Crippen LogP contribution in [-0.4, -0.2) is 67.5 Å². The zero-order chi connectivity index (χ0) is 24.2. The maximum absolute atomic E-state index is 13.5. The summed E-state index contributed by atoms with van der Waals surface area (Å²) in [6.45, 7) is 5.27. The second-order valence-electron chi connectivity index (χ2n) is 8.59. The topological polar surface area (TPSA) is 87.2 Å². The average molecular weight is 473 g/mol. The number of benzene rings is 2. The summed E-state index contributed by atoms with van der Waals surface area (Å²) < 4.78 is 34.6. The zero-order valence-electron chi connectivity index (χ0n) is 19.5. The third-order valence-electron chi connectivity index (χ3n) is 5.95. The van der Waals surface area contributed by atoms with E-state index in [0.717, 1.165) is 11.1 Å². The first-order valence-corrected chi connectivity index (χ1v) is 12.5. The van der Waals surface area contributed by atoms with E-state index < -0.39 is 22.2 Å². The van der Waals surface area contributed by atoms with Gasteiger partial charge in [0.15, 0.2) is 0 Å². The molecule has 0 saturated carbocycles. The lowest BCUT2D eigenvalue weighted by Gasteiger charge is -2.37. The molecule has 1 amide bonds. The molecule has 1 aliphatic heterocycles. The van der Waals surface area contributed by atoms with E-state index in [4.69, 9.17) is 4.74 Å². The molecule has 0 saturated heterocycles. The highest BCUT2D eigenvalue weighted by Gasteiger charge is 2.38. The molecule has 1 N–H and O–H groups in total. The first-order chi connectivity index (χ1) is 15.6. The van der Waals surface area contributed by atoms with Gasteiger partial charge in [-0.25, -0.2) is 8.42 Å². The monoisotopic (exact) mass is 472 g/mol. The van der Waals surface area contributed by atoms with Crippen molar-refractivity contribution < 1.29 is 23.1 Å². The van der Waals surface area contributed by atoms with Gasteiger partial charge in [-0.15, -0.1) is 0 Å². The minimum absolute atomic E-state index is 0.0574. The van der Waals surface area contributed by atoms with Crippen molar-refractivity contribution in [1.29, 1.82) is 0 Å². The molecular weight excluding hydrogens is 440 g/mol. The summed E-state index contributed by atoms with van der Waals surface area (Å²) in [5, 5.41) is 9.72. The quantitative estimate of drug-likeness (QED) is 0.653. The predicted molar refractivity (Wildman–Crippen MR) is 129 cm³/mol. The fraction of sp³-hybridized carbons (Fsp3) is 0.400.